The number of aromatic nitrogens is 11. The van der Waals surface area contributed by atoms with Gasteiger partial charge < -0.3 is 5.84 Å². The minimum absolute atomic E-state index is 0.227. The van der Waals surface area contributed by atoms with Gasteiger partial charge in [-0.2, -0.15) is 10.4 Å². The molecule has 0 saturated carbocycles. The number of hydrogen-bond acceptors (Lipinski definition) is 9. The Bertz CT molecular complexity index is 521. The van der Waals surface area contributed by atoms with Crippen molar-refractivity contribution in [3.63, 3.8) is 0 Å². The molecule has 0 aliphatic heterocycles. The summed E-state index contributed by atoms with van der Waals surface area (Å²) in [5.74, 6) is 6.68. The number of nitrogens with one attached hydrogen (secondary N) is 2. The predicted molar refractivity (Wildman–Crippen MR) is 46.5 cm³/mol. The number of nitrogens with zero attached hydrogens (tertiary/aromatic N) is 9. The van der Waals surface area contributed by atoms with Crippen LogP contribution in [0.2, 0.25) is 0 Å². The van der Waals surface area contributed by atoms with E-state index in [1.54, 1.807) is 0 Å². The lowest BCUT2D eigenvalue weighted by Gasteiger charge is -1.95. The van der Waals surface area contributed by atoms with Crippen LogP contribution >= 0.6 is 0 Å². The van der Waals surface area contributed by atoms with Gasteiger partial charge in [-0.1, -0.05) is 0 Å². The van der Waals surface area contributed by atoms with Crippen molar-refractivity contribution in [2.24, 2.45) is 0 Å². The minimum atomic E-state index is 0.227. The zero-order chi connectivity index (χ0) is 11.0. The molecule has 3 aromatic heterocycles. The molecule has 12 heteroatoms. The van der Waals surface area contributed by atoms with Crippen molar-refractivity contribution >= 4 is 0 Å². The summed E-state index contributed by atoms with van der Waals surface area (Å²) in [7, 11) is 0. The van der Waals surface area contributed by atoms with Crippen LogP contribution in [0.15, 0.2) is 0 Å². The zero-order valence-corrected chi connectivity index (χ0v) is 7.60. The van der Waals surface area contributed by atoms with E-state index in [2.05, 4.69) is 51.4 Å². The van der Waals surface area contributed by atoms with Gasteiger partial charge in [0.15, 0.2) is 0 Å². The Morgan fingerprint density at radius 1 is 0.812 bits per heavy atom. The van der Waals surface area contributed by atoms with Crippen LogP contribution in [0.4, 0.5) is 0 Å². The molecule has 0 aliphatic rings. The van der Waals surface area contributed by atoms with E-state index < -0.39 is 0 Å². The van der Waals surface area contributed by atoms with Crippen LogP contribution in [0.25, 0.3) is 23.3 Å². The van der Waals surface area contributed by atoms with Crippen LogP contribution in [0.3, 0.4) is 0 Å². The summed E-state index contributed by atoms with van der Waals surface area (Å²) in [6, 6.07) is 0. The summed E-state index contributed by atoms with van der Waals surface area (Å²) >= 11 is 0. The third kappa shape index (κ3) is 1.09. The highest BCUT2D eigenvalue weighted by Crippen LogP contribution is 2.14. The lowest BCUT2D eigenvalue weighted by atomic mass is 10.5. The van der Waals surface area contributed by atoms with E-state index in [0.717, 1.165) is 4.68 Å². The molecule has 3 aromatic rings. The molecular formula is C4H4N12. The van der Waals surface area contributed by atoms with E-state index in [9.17, 15) is 0 Å². The van der Waals surface area contributed by atoms with Crippen LogP contribution in [0.1, 0.15) is 0 Å². The average molecular weight is 220 g/mol. The van der Waals surface area contributed by atoms with E-state index >= 15 is 0 Å². The average Bonchev–Trinajstić information content (AvgIpc) is 2.96. The number of tetrazole rings is 2. The van der Waals surface area contributed by atoms with Gasteiger partial charge in [-0.15, -0.1) is 30.6 Å². The largest absolute Gasteiger partial charge is 0.335 e. The van der Waals surface area contributed by atoms with E-state index in [-0.39, 0.29) is 23.3 Å². The highest BCUT2D eigenvalue weighted by Gasteiger charge is 2.18. The Morgan fingerprint density at radius 3 is 1.69 bits per heavy atom. The maximum Gasteiger partial charge on any atom is 0.243 e. The fourth-order valence-corrected chi connectivity index (χ4v) is 1.11. The molecule has 80 valence electrons. The molecule has 16 heavy (non-hydrogen) atoms. The highest BCUT2D eigenvalue weighted by atomic mass is 15.5. The Labute approximate surface area is 86.2 Å². The number of nitrogens with two attached hydrogens (primary N) is 1. The van der Waals surface area contributed by atoms with Crippen molar-refractivity contribution < 1.29 is 0 Å². The number of nitrogen functional groups attached to an aromatic ring is 1. The molecule has 0 amide bonds. The second kappa shape index (κ2) is 3.04. The number of H-pyrrole nitrogens is 2. The van der Waals surface area contributed by atoms with Crippen LogP contribution < -0.4 is 5.84 Å². The lowest BCUT2D eigenvalue weighted by molar-refractivity contribution is 0.881. The summed E-state index contributed by atoms with van der Waals surface area (Å²) in [4.78, 5) is 0. The number of aromatic amines is 2. The molecule has 0 aliphatic carbocycles. The van der Waals surface area contributed by atoms with Gasteiger partial charge in [0.1, 0.15) is 0 Å². The molecule has 0 saturated heterocycles. The van der Waals surface area contributed by atoms with Crippen molar-refractivity contribution in [1.29, 1.82) is 0 Å². The molecule has 0 aromatic carbocycles. The highest BCUT2D eigenvalue weighted by molar-refractivity contribution is 5.50. The quantitative estimate of drug-likeness (QED) is 0.391. The topological polar surface area (TPSA) is 166 Å². The van der Waals surface area contributed by atoms with Gasteiger partial charge in [0.2, 0.25) is 23.3 Å². The smallest absolute Gasteiger partial charge is 0.243 e. The summed E-state index contributed by atoms with van der Waals surface area (Å²) in [6.45, 7) is 0. The van der Waals surface area contributed by atoms with Crippen LogP contribution in [-0.4, -0.2) is 56.1 Å². The monoisotopic (exact) mass is 220 g/mol. The summed E-state index contributed by atoms with van der Waals surface area (Å²) < 4.78 is 1.15. The second-order valence-corrected chi connectivity index (χ2v) is 2.69. The zero-order valence-electron chi connectivity index (χ0n) is 7.60. The van der Waals surface area contributed by atoms with Crippen LogP contribution in [0.5, 0.6) is 0 Å². The van der Waals surface area contributed by atoms with Crippen molar-refractivity contribution in [1.82, 2.24) is 56.1 Å². The standard InChI is InChI=1S/C4H4N12/c5-16-3(1-6-12-13-7-1)10-11-4(16)2-8-14-15-9-2/h5H2,(H,6,7,12,13)(H,8,9,14,15). The molecule has 3 rings (SSSR count). The number of hydrogen-bond donors (Lipinski definition) is 3. The molecule has 12 nitrogen and oxygen atoms in total. The molecule has 0 atom stereocenters. The molecular weight excluding hydrogens is 216 g/mol. The molecule has 3 heterocycles. The first-order valence-electron chi connectivity index (χ1n) is 4.04. The van der Waals surface area contributed by atoms with Crippen molar-refractivity contribution in [2.75, 3.05) is 5.84 Å². The SMILES string of the molecule is Nn1c(-c2nn[nH]n2)nnc1-c1nn[nH]n1. The Hall–Kier alpha value is -2.92. The normalized spacial score (nSPS) is 10.8. The van der Waals surface area contributed by atoms with Gasteiger partial charge in [0.25, 0.3) is 0 Å². The van der Waals surface area contributed by atoms with Crippen LogP contribution in [0, 0.1) is 0 Å². The van der Waals surface area contributed by atoms with E-state index in [1.165, 1.54) is 0 Å². The molecule has 4 N–H and O–H groups in total. The Kier molecular flexibility index (Phi) is 1.60. The molecule has 0 bridgehead atoms. The first-order valence-corrected chi connectivity index (χ1v) is 4.04. The van der Waals surface area contributed by atoms with Gasteiger partial charge in [-0.3, -0.25) is 0 Å². The van der Waals surface area contributed by atoms with E-state index in [0.29, 0.717) is 0 Å². The third-order valence-corrected chi connectivity index (χ3v) is 1.79. The van der Waals surface area contributed by atoms with Crippen molar-refractivity contribution in [3.8, 4) is 23.3 Å². The van der Waals surface area contributed by atoms with E-state index in [1.807, 2.05) is 0 Å². The van der Waals surface area contributed by atoms with Crippen LogP contribution in [-0.2, 0) is 0 Å². The fraction of sp³-hybridized carbons (Fsp3) is 0. The first-order chi connectivity index (χ1) is 7.86. The minimum Gasteiger partial charge on any atom is -0.335 e. The summed E-state index contributed by atoms with van der Waals surface area (Å²) in [5, 5.41) is 33.8. The van der Waals surface area contributed by atoms with Crippen molar-refractivity contribution in [2.45, 2.75) is 0 Å². The maximum atomic E-state index is 5.73. The Morgan fingerprint density at radius 2 is 1.31 bits per heavy atom. The van der Waals surface area contributed by atoms with Gasteiger partial charge in [0, 0.05) is 0 Å². The fourth-order valence-electron chi connectivity index (χ4n) is 1.11. The van der Waals surface area contributed by atoms with E-state index in [4.69, 9.17) is 5.84 Å². The van der Waals surface area contributed by atoms with Gasteiger partial charge >= 0.3 is 0 Å². The first kappa shape index (κ1) is 8.39. The molecule has 0 fully saturated rings. The molecule has 0 radical (unpaired) electrons. The van der Waals surface area contributed by atoms with Crippen molar-refractivity contribution in [3.05, 3.63) is 0 Å². The van der Waals surface area contributed by atoms with Gasteiger partial charge in [-0.05, 0) is 10.4 Å². The molecule has 0 unspecified atom stereocenters. The van der Waals surface area contributed by atoms with Gasteiger partial charge in [0.05, 0.1) is 0 Å². The maximum absolute atomic E-state index is 5.73. The summed E-state index contributed by atoms with van der Waals surface area (Å²) in [5.41, 5.74) is 0. The van der Waals surface area contributed by atoms with Gasteiger partial charge in [-0.25, -0.2) is 4.68 Å². The second-order valence-electron chi connectivity index (χ2n) is 2.69. The summed E-state index contributed by atoms with van der Waals surface area (Å²) in [6.07, 6.45) is 0. The molecule has 0 spiro atoms. The number of rotatable bonds is 2. The third-order valence-electron chi connectivity index (χ3n) is 1.79. The Balaban J connectivity index is 2.12. The predicted octanol–water partition coefficient (Wildman–Crippen LogP) is -2.65. The lowest BCUT2D eigenvalue weighted by Crippen LogP contribution is -2.13.